The monoisotopic (exact) mass is 260 g/mol. The van der Waals surface area contributed by atoms with Gasteiger partial charge in [0.2, 0.25) is 0 Å². The maximum atomic E-state index is 12.1. The van der Waals surface area contributed by atoms with Crippen molar-refractivity contribution in [2.45, 2.75) is 38.9 Å². The highest BCUT2D eigenvalue weighted by atomic mass is 16.7. The molecule has 19 heavy (non-hydrogen) atoms. The summed E-state index contributed by atoms with van der Waals surface area (Å²) in [6, 6.07) is 7.50. The fourth-order valence-electron chi connectivity index (χ4n) is 2.20. The molecule has 1 aliphatic rings. The molecule has 3 rings (SSSR count). The molecule has 0 unspecified atom stereocenters. The Labute approximate surface area is 111 Å². The van der Waals surface area contributed by atoms with Crippen molar-refractivity contribution in [1.29, 1.82) is 0 Å². The molecule has 0 saturated carbocycles. The zero-order chi connectivity index (χ0) is 13.8. The van der Waals surface area contributed by atoms with Gasteiger partial charge in [0, 0.05) is 0 Å². The molecular weight excluding hydrogens is 243 g/mol. The number of rotatable bonds is 1. The number of hydrogen-bond donors (Lipinski definition) is 1. The molecule has 0 bridgehead atoms. The van der Waals surface area contributed by atoms with Gasteiger partial charge in [0.05, 0.1) is 22.2 Å². The smallest absolute Gasteiger partial charge is 0.384 e. The van der Waals surface area contributed by atoms with Gasteiger partial charge in [-0.3, -0.25) is 4.48 Å². The summed E-state index contributed by atoms with van der Waals surface area (Å²) in [6.45, 7) is 7.86. The van der Waals surface area contributed by atoms with Crippen LogP contribution in [0.3, 0.4) is 0 Å². The van der Waals surface area contributed by atoms with Gasteiger partial charge in [-0.25, -0.2) is 4.79 Å². The first-order chi connectivity index (χ1) is 8.82. The normalized spacial score (nSPS) is 21.2. The first-order valence-electron chi connectivity index (χ1n) is 6.37. The third-order valence-corrected chi connectivity index (χ3v) is 4.08. The van der Waals surface area contributed by atoms with Crippen molar-refractivity contribution in [3.8, 4) is 0 Å². The minimum atomic E-state index is -0.700. The van der Waals surface area contributed by atoms with Gasteiger partial charge in [-0.2, -0.15) is 0 Å². The van der Waals surface area contributed by atoms with Gasteiger partial charge in [-0.1, -0.05) is 12.1 Å². The summed E-state index contributed by atoms with van der Waals surface area (Å²) in [5.74, 6) is 0. The van der Waals surface area contributed by atoms with Gasteiger partial charge in [0.1, 0.15) is 0 Å². The van der Waals surface area contributed by atoms with Gasteiger partial charge in [0.15, 0.2) is 0 Å². The van der Waals surface area contributed by atoms with Crippen LogP contribution in [0.2, 0.25) is 0 Å². The highest BCUT2D eigenvalue weighted by molar-refractivity contribution is 6.45. The van der Waals surface area contributed by atoms with E-state index in [0.29, 0.717) is 0 Å². The minimum absolute atomic E-state index is 0.222. The standard InChI is InChI=1S/C13H17BN2O3/c1-12(2)13(3,4)19-14(18-12)16-10-8-6-5-7-9(10)15-11(16)17/h5-8H,1-4H3,(H,15,17). The third kappa shape index (κ3) is 1.75. The van der Waals surface area contributed by atoms with Crippen LogP contribution in [0.5, 0.6) is 0 Å². The van der Waals surface area contributed by atoms with Crippen molar-refractivity contribution in [3.63, 3.8) is 0 Å². The van der Waals surface area contributed by atoms with Crippen LogP contribution in [0.15, 0.2) is 29.1 Å². The number of benzene rings is 1. The Balaban J connectivity index is 2.12. The summed E-state index contributed by atoms with van der Waals surface area (Å²) < 4.78 is 13.4. The lowest BCUT2D eigenvalue weighted by molar-refractivity contribution is 0.00578. The average molecular weight is 260 g/mol. The van der Waals surface area contributed by atoms with Crippen LogP contribution in [0, 0.1) is 0 Å². The maximum absolute atomic E-state index is 12.1. The topological polar surface area (TPSA) is 56.2 Å². The van der Waals surface area contributed by atoms with Crippen LogP contribution in [-0.2, 0) is 9.31 Å². The number of hydrogen-bond acceptors (Lipinski definition) is 3. The molecule has 1 N–H and O–H groups in total. The fraction of sp³-hybridized carbons (Fsp3) is 0.462. The molecule has 0 radical (unpaired) electrons. The SMILES string of the molecule is CC1(C)OB(n2c(=O)[nH]c3ccccc32)OC1(C)C. The van der Waals surface area contributed by atoms with E-state index in [1.165, 1.54) is 4.48 Å². The van der Waals surface area contributed by atoms with Crippen LogP contribution in [0.4, 0.5) is 0 Å². The first-order valence-corrected chi connectivity index (χ1v) is 6.37. The number of imidazole rings is 1. The molecule has 1 aromatic heterocycles. The van der Waals surface area contributed by atoms with Crippen molar-refractivity contribution >= 4 is 18.3 Å². The molecule has 1 fully saturated rings. The Morgan fingerprint density at radius 2 is 1.68 bits per heavy atom. The second-order valence-electron chi connectivity index (χ2n) is 5.88. The van der Waals surface area contributed by atoms with Crippen molar-refractivity contribution in [2.24, 2.45) is 0 Å². The van der Waals surface area contributed by atoms with Crippen molar-refractivity contribution in [3.05, 3.63) is 34.7 Å². The summed E-state index contributed by atoms with van der Waals surface area (Å²) in [6.07, 6.45) is 0. The van der Waals surface area contributed by atoms with Crippen LogP contribution in [-0.4, -0.2) is 27.9 Å². The Morgan fingerprint density at radius 1 is 1.11 bits per heavy atom. The quantitative estimate of drug-likeness (QED) is 0.795. The second-order valence-corrected chi connectivity index (χ2v) is 5.88. The van der Waals surface area contributed by atoms with Crippen LogP contribution in [0.1, 0.15) is 27.7 Å². The van der Waals surface area contributed by atoms with Crippen molar-refractivity contribution < 1.29 is 9.31 Å². The average Bonchev–Trinajstić information content (AvgIpc) is 2.72. The van der Waals surface area contributed by atoms with Gasteiger partial charge in [0.25, 0.3) is 0 Å². The van der Waals surface area contributed by atoms with E-state index in [-0.39, 0.29) is 5.69 Å². The van der Waals surface area contributed by atoms with Crippen LogP contribution in [0.25, 0.3) is 11.0 Å². The highest BCUT2D eigenvalue weighted by Gasteiger charge is 2.53. The largest absolute Gasteiger partial charge is 0.602 e. The van der Waals surface area contributed by atoms with Crippen LogP contribution >= 0.6 is 0 Å². The Bertz CT molecular complexity index is 670. The lowest BCUT2D eigenvalue weighted by Crippen LogP contribution is -2.41. The zero-order valence-corrected chi connectivity index (χ0v) is 11.6. The highest BCUT2D eigenvalue weighted by Crippen LogP contribution is 2.37. The molecule has 2 aromatic rings. The number of aromatic nitrogens is 2. The van der Waals surface area contributed by atoms with E-state index in [9.17, 15) is 4.79 Å². The van der Waals surface area contributed by atoms with E-state index in [2.05, 4.69) is 4.98 Å². The predicted molar refractivity (Wildman–Crippen MR) is 74.0 cm³/mol. The molecule has 1 aromatic carbocycles. The zero-order valence-electron chi connectivity index (χ0n) is 11.6. The molecule has 6 heteroatoms. The fourth-order valence-corrected chi connectivity index (χ4v) is 2.20. The molecule has 100 valence electrons. The van der Waals surface area contributed by atoms with Crippen molar-refractivity contribution in [2.75, 3.05) is 0 Å². The van der Waals surface area contributed by atoms with Gasteiger partial charge in [-0.15, -0.1) is 0 Å². The second kappa shape index (κ2) is 3.74. The molecule has 0 spiro atoms. The molecule has 2 heterocycles. The summed E-state index contributed by atoms with van der Waals surface area (Å²) in [4.78, 5) is 14.9. The number of aromatic amines is 1. The van der Waals surface area contributed by atoms with Gasteiger partial charge >= 0.3 is 12.9 Å². The van der Waals surface area contributed by atoms with E-state index < -0.39 is 18.5 Å². The minimum Gasteiger partial charge on any atom is -0.384 e. The molecule has 0 atom stereocenters. The predicted octanol–water partition coefficient (Wildman–Crippen LogP) is 1.77. The van der Waals surface area contributed by atoms with Gasteiger partial charge < -0.3 is 14.3 Å². The number of nitrogens with zero attached hydrogens (tertiary/aromatic N) is 1. The van der Waals surface area contributed by atoms with E-state index in [0.717, 1.165) is 11.0 Å². The number of fused-ring (bicyclic) bond motifs is 1. The lowest BCUT2D eigenvalue weighted by atomic mass is 9.90. The molecule has 1 saturated heterocycles. The lowest BCUT2D eigenvalue weighted by Gasteiger charge is -2.32. The van der Waals surface area contributed by atoms with E-state index >= 15 is 0 Å². The third-order valence-electron chi connectivity index (χ3n) is 4.08. The molecule has 0 aliphatic carbocycles. The first kappa shape index (κ1) is 12.5. The summed E-state index contributed by atoms with van der Waals surface area (Å²) in [5.41, 5.74) is 0.415. The number of nitrogens with one attached hydrogen (secondary N) is 1. The molecule has 1 aliphatic heterocycles. The molecule has 0 amide bonds. The van der Waals surface area contributed by atoms with E-state index in [1.54, 1.807) is 0 Å². The van der Waals surface area contributed by atoms with E-state index in [4.69, 9.17) is 9.31 Å². The van der Waals surface area contributed by atoms with Crippen molar-refractivity contribution in [1.82, 2.24) is 9.46 Å². The Morgan fingerprint density at radius 3 is 2.32 bits per heavy atom. The molecule has 5 nitrogen and oxygen atoms in total. The summed E-state index contributed by atoms with van der Waals surface area (Å²) >= 11 is 0. The van der Waals surface area contributed by atoms with Crippen LogP contribution < -0.4 is 5.69 Å². The Kier molecular flexibility index (Phi) is 2.46. The summed E-state index contributed by atoms with van der Waals surface area (Å²) in [7, 11) is -0.700. The molecular formula is C13H17BN2O3. The Hall–Kier alpha value is -1.53. The number of H-pyrrole nitrogens is 1. The van der Waals surface area contributed by atoms with E-state index in [1.807, 2.05) is 52.0 Å². The summed E-state index contributed by atoms with van der Waals surface area (Å²) in [5, 5.41) is 0. The maximum Gasteiger partial charge on any atom is 0.602 e. The number of para-hydroxylation sites is 2. The van der Waals surface area contributed by atoms with Gasteiger partial charge in [-0.05, 0) is 39.8 Å².